The average Bonchev–Trinajstić information content (AvgIpc) is 2.44. The summed E-state index contributed by atoms with van der Waals surface area (Å²) in [4.78, 5) is 31.2. The summed E-state index contributed by atoms with van der Waals surface area (Å²) in [5, 5.41) is 0. The van der Waals surface area contributed by atoms with Crippen molar-refractivity contribution in [2.24, 2.45) is 0 Å². The van der Waals surface area contributed by atoms with Crippen LogP contribution >= 0.6 is 0 Å². The number of aromatic nitrogens is 1. The number of rotatable bonds is 3. The van der Waals surface area contributed by atoms with Gasteiger partial charge < -0.3 is 14.8 Å². The van der Waals surface area contributed by atoms with Gasteiger partial charge in [-0.2, -0.15) is 0 Å². The largest absolute Gasteiger partial charge is 0.340 e. The predicted molar refractivity (Wildman–Crippen MR) is 83.8 cm³/mol. The van der Waals surface area contributed by atoms with Crippen LogP contribution in [0.5, 0.6) is 0 Å². The van der Waals surface area contributed by atoms with Crippen molar-refractivity contribution in [2.45, 2.75) is 39.2 Å². The van der Waals surface area contributed by atoms with Gasteiger partial charge in [-0.3, -0.25) is 9.59 Å². The van der Waals surface area contributed by atoms with Gasteiger partial charge in [-0.1, -0.05) is 6.42 Å². The Morgan fingerprint density at radius 3 is 2.81 bits per heavy atom. The molecule has 0 saturated carbocycles. The molecule has 0 radical (unpaired) electrons. The maximum Gasteiger partial charge on any atom is 0.261 e. The van der Waals surface area contributed by atoms with E-state index in [-0.39, 0.29) is 17.0 Å². The molecule has 1 amide bonds. The summed E-state index contributed by atoms with van der Waals surface area (Å²) in [5.41, 5.74) is 1.68. The van der Waals surface area contributed by atoms with Crippen LogP contribution in [-0.2, 0) is 0 Å². The van der Waals surface area contributed by atoms with Crippen LogP contribution in [0, 0.1) is 13.8 Å². The summed E-state index contributed by atoms with van der Waals surface area (Å²) in [6.45, 7) is 5.49. The molecule has 1 saturated heterocycles. The molecule has 0 aromatic carbocycles. The Balaban J connectivity index is 2.12. The Bertz CT molecular complexity index is 579. The van der Waals surface area contributed by atoms with E-state index in [0.717, 1.165) is 24.2 Å². The van der Waals surface area contributed by atoms with Crippen LogP contribution < -0.4 is 5.56 Å². The second kappa shape index (κ2) is 6.43. The molecule has 5 heteroatoms. The zero-order chi connectivity index (χ0) is 15.6. The smallest absolute Gasteiger partial charge is 0.261 e. The molecule has 1 fully saturated rings. The number of carbonyl (C=O) groups excluding carboxylic acids is 1. The monoisotopic (exact) mass is 291 g/mol. The van der Waals surface area contributed by atoms with Crippen molar-refractivity contribution in [2.75, 3.05) is 27.2 Å². The Hall–Kier alpha value is -1.62. The third kappa shape index (κ3) is 3.53. The topological polar surface area (TPSA) is 56.4 Å². The fourth-order valence-corrected chi connectivity index (χ4v) is 2.86. The van der Waals surface area contributed by atoms with E-state index in [1.807, 2.05) is 13.8 Å². The molecule has 116 valence electrons. The number of nitrogens with zero attached hydrogens (tertiary/aromatic N) is 2. The van der Waals surface area contributed by atoms with E-state index in [0.29, 0.717) is 12.6 Å². The third-order valence-electron chi connectivity index (χ3n) is 4.48. The molecule has 1 atom stereocenters. The van der Waals surface area contributed by atoms with Crippen LogP contribution in [0.3, 0.4) is 0 Å². The minimum atomic E-state index is -0.299. The summed E-state index contributed by atoms with van der Waals surface area (Å²) in [7, 11) is 3.88. The first kappa shape index (κ1) is 15.8. The van der Waals surface area contributed by atoms with Gasteiger partial charge in [-0.05, 0) is 51.9 Å². The van der Waals surface area contributed by atoms with E-state index < -0.39 is 0 Å². The van der Waals surface area contributed by atoms with Crippen LogP contribution in [0.25, 0.3) is 0 Å². The maximum atomic E-state index is 12.5. The molecule has 1 aliphatic heterocycles. The average molecular weight is 291 g/mol. The third-order valence-corrected chi connectivity index (χ3v) is 4.48. The number of likely N-dealkylation sites (N-methyl/N-ethyl adjacent to an activating group) is 2. The summed E-state index contributed by atoms with van der Waals surface area (Å²) < 4.78 is 0. The molecule has 1 N–H and O–H groups in total. The van der Waals surface area contributed by atoms with Gasteiger partial charge >= 0.3 is 0 Å². The first-order chi connectivity index (χ1) is 9.90. The highest BCUT2D eigenvalue weighted by Gasteiger charge is 2.24. The summed E-state index contributed by atoms with van der Waals surface area (Å²) in [6.07, 6.45) is 3.54. The van der Waals surface area contributed by atoms with E-state index in [2.05, 4.69) is 16.9 Å². The molecule has 1 aromatic rings. The molecule has 2 heterocycles. The lowest BCUT2D eigenvalue weighted by Crippen LogP contribution is -2.46. The van der Waals surface area contributed by atoms with Gasteiger partial charge in [0.15, 0.2) is 0 Å². The number of piperidine rings is 1. The number of hydrogen-bond donors (Lipinski definition) is 1. The van der Waals surface area contributed by atoms with E-state index in [9.17, 15) is 9.59 Å². The van der Waals surface area contributed by atoms with E-state index in [4.69, 9.17) is 0 Å². The van der Waals surface area contributed by atoms with Gasteiger partial charge in [-0.15, -0.1) is 0 Å². The molecule has 0 bridgehead atoms. The number of carbonyl (C=O) groups is 1. The number of aromatic amines is 1. The number of aryl methyl sites for hydroxylation is 2. The highest BCUT2D eigenvalue weighted by Crippen LogP contribution is 2.16. The summed E-state index contributed by atoms with van der Waals surface area (Å²) in [5.74, 6) is -0.196. The number of amides is 1. The zero-order valence-corrected chi connectivity index (χ0v) is 13.4. The molecule has 1 unspecified atom stereocenters. The quantitative estimate of drug-likeness (QED) is 0.919. The molecule has 2 rings (SSSR count). The summed E-state index contributed by atoms with van der Waals surface area (Å²) >= 11 is 0. The molecule has 0 aliphatic carbocycles. The minimum Gasteiger partial charge on any atom is -0.340 e. The van der Waals surface area contributed by atoms with E-state index in [1.165, 1.54) is 12.8 Å². The van der Waals surface area contributed by atoms with Crippen molar-refractivity contribution < 1.29 is 4.79 Å². The second-order valence-electron chi connectivity index (χ2n) is 6.14. The molecular weight excluding hydrogens is 266 g/mol. The predicted octanol–water partition coefficient (Wildman–Crippen LogP) is 1.55. The van der Waals surface area contributed by atoms with Crippen molar-refractivity contribution in [3.63, 3.8) is 0 Å². The van der Waals surface area contributed by atoms with Gasteiger partial charge in [0.1, 0.15) is 5.56 Å². The van der Waals surface area contributed by atoms with Gasteiger partial charge in [0.05, 0.1) is 0 Å². The van der Waals surface area contributed by atoms with Crippen molar-refractivity contribution in [1.82, 2.24) is 14.8 Å². The lowest BCUT2D eigenvalue weighted by Gasteiger charge is -2.35. The number of likely N-dealkylation sites (tertiary alicyclic amines) is 1. The Kier molecular flexibility index (Phi) is 4.83. The normalized spacial score (nSPS) is 19.5. The number of H-pyrrole nitrogens is 1. The van der Waals surface area contributed by atoms with Crippen LogP contribution in [0.15, 0.2) is 10.9 Å². The van der Waals surface area contributed by atoms with Gasteiger partial charge in [0.25, 0.3) is 11.5 Å². The standard InChI is InChI=1S/C16H25N3O2/c1-11-9-14(15(20)17-12(11)2)16(21)19(4)10-13-7-5-6-8-18(13)3/h9,13H,5-8,10H2,1-4H3,(H,17,20). The highest BCUT2D eigenvalue weighted by atomic mass is 16.2. The maximum absolute atomic E-state index is 12.5. The molecule has 0 spiro atoms. The number of hydrogen-bond acceptors (Lipinski definition) is 3. The van der Waals surface area contributed by atoms with Crippen LogP contribution in [0.4, 0.5) is 0 Å². The van der Waals surface area contributed by atoms with Crippen molar-refractivity contribution in [3.05, 3.63) is 33.2 Å². The summed E-state index contributed by atoms with van der Waals surface area (Å²) in [6, 6.07) is 2.08. The van der Waals surface area contributed by atoms with E-state index in [1.54, 1.807) is 18.0 Å². The molecular formula is C16H25N3O2. The van der Waals surface area contributed by atoms with E-state index >= 15 is 0 Å². The highest BCUT2D eigenvalue weighted by molar-refractivity contribution is 5.93. The van der Waals surface area contributed by atoms with Crippen molar-refractivity contribution >= 4 is 5.91 Å². The van der Waals surface area contributed by atoms with Crippen LogP contribution in [0.1, 0.15) is 40.9 Å². The molecule has 1 aliphatic rings. The molecule has 1 aromatic heterocycles. The lowest BCUT2D eigenvalue weighted by molar-refractivity contribution is 0.0715. The number of nitrogens with one attached hydrogen (secondary N) is 1. The van der Waals surface area contributed by atoms with Crippen molar-refractivity contribution in [1.29, 1.82) is 0 Å². The van der Waals surface area contributed by atoms with Gasteiger partial charge in [-0.25, -0.2) is 0 Å². The Morgan fingerprint density at radius 2 is 2.14 bits per heavy atom. The first-order valence-corrected chi connectivity index (χ1v) is 7.56. The fourth-order valence-electron chi connectivity index (χ4n) is 2.86. The number of pyridine rings is 1. The molecule has 21 heavy (non-hydrogen) atoms. The first-order valence-electron chi connectivity index (χ1n) is 7.56. The Morgan fingerprint density at radius 1 is 1.43 bits per heavy atom. The van der Waals surface area contributed by atoms with Crippen LogP contribution in [-0.4, -0.2) is 53.9 Å². The fraction of sp³-hybridized carbons (Fsp3) is 0.625. The minimum absolute atomic E-state index is 0.196. The van der Waals surface area contributed by atoms with Crippen LogP contribution in [0.2, 0.25) is 0 Å². The van der Waals surface area contributed by atoms with Gasteiger partial charge in [0.2, 0.25) is 0 Å². The SMILES string of the molecule is Cc1cc(C(=O)N(C)CC2CCCCN2C)c(=O)[nH]c1C. The van der Waals surface area contributed by atoms with Gasteiger partial charge in [0, 0.05) is 25.3 Å². The zero-order valence-electron chi connectivity index (χ0n) is 13.4. The lowest BCUT2D eigenvalue weighted by atomic mass is 10.0. The second-order valence-corrected chi connectivity index (χ2v) is 6.14. The van der Waals surface area contributed by atoms with Crippen molar-refractivity contribution in [3.8, 4) is 0 Å². The molecule has 5 nitrogen and oxygen atoms in total. The Labute approximate surface area is 126 Å².